The number of hydrogen-bond acceptors (Lipinski definition) is 4. The SMILES string of the molecule is CN=C(NCc1noc(C)n1)N(C)Cc1ccccc1. The van der Waals surface area contributed by atoms with E-state index in [1.165, 1.54) is 5.56 Å². The highest BCUT2D eigenvalue weighted by molar-refractivity contribution is 5.79. The Balaban J connectivity index is 1.91. The van der Waals surface area contributed by atoms with Crippen LogP contribution in [0.15, 0.2) is 39.8 Å². The third-order valence-electron chi connectivity index (χ3n) is 2.81. The van der Waals surface area contributed by atoms with E-state index in [2.05, 4.69) is 32.6 Å². The van der Waals surface area contributed by atoms with E-state index in [0.29, 0.717) is 18.3 Å². The second-order valence-electron chi connectivity index (χ2n) is 4.47. The van der Waals surface area contributed by atoms with E-state index >= 15 is 0 Å². The van der Waals surface area contributed by atoms with Crippen molar-refractivity contribution in [2.24, 2.45) is 4.99 Å². The van der Waals surface area contributed by atoms with E-state index in [1.54, 1.807) is 14.0 Å². The average molecular weight is 273 g/mol. The van der Waals surface area contributed by atoms with Gasteiger partial charge in [0.2, 0.25) is 5.89 Å². The predicted molar refractivity (Wildman–Crippen MR) is 77.1 cm³/mol. The topological polar surface area (TPSA) is 66.5 Å². The minimum absolute atomic E-state index is 0.489. The highest BCUT2D eigenvalue weighted by Gasteiger charge is 2.08. The molecule has 0 fully saturated rings. The van der Waals surface area contributed by atoms with Gasteiger partial charge in [0.1, 0.15) is 0 Å². The van der Waals surface area contributed by atoms with Crippen molar-refractivity contribution in [3.63, 3.8) is 0 Å². The molecule has 0 unspecified atom stereocenters. The first-order valence-electron chi connectivity index (χ1n) is 6.44. The van der Waals surface area contributed by atoms with Gasteiger partial charge in [0, 0.05) is 27.6 Å². The summed E-state index contributed by atoms with van der Waals surface area (Å²) in [5.41, 5.74) is 1.23. The van der Waals surface area contributed by atoms with E-state index in [0.717, 1.165) is 12.5 Å². The zero-order valence-corrected chi connectivity index (χ0v) is 12.0. The van der Waals surface area contributed by atoms with E-state index in [1.807, 2.05) is 30.1 Å². The van der Waals surface area contributed by atoms with Gasteiger partial charge in [-0.2, -0.15) is 4.98 Å². The van der Waals surface area contributed by atoms with Crippen molar-refractivity contribution in [2.45, 2.75) is 20.0 Å². The predicted octanol–water partition coefficient (Wildman–Crippen LogP) is 1.59. The number of aryl methyl sites for hydroxylation is 1. The van der Waals surface area contributed by atoms with Crippen molar-refractivity contribution in [1.29, 1.82) is 0 Å². The number of nitrogens with one attached hydrogen (secondary N) is 1. The number of hydrogen-bond donors (Lipinski definition) is 1. The lowest BCUT2D eigenvalue weighted by atomic mass is 10.2. The summed E-state index contributed by atoms with van der Waals surface area (Å²) in [5.74, 6) is 1.97. The third kappa shape index (κ3) is 3.81. The summed E-state index contributed by atoms with van der Waals surface area (Å²) < 4.78 is 4.93. The minimum atomic E-state index is 0.489. The van der Waals surface area contributed by atoms with Gasteiger partial charge < -0.3 is 14.7 Å². The van der Waals surface area contributed by atoms with Gasteiger partial charge in [0.15, 0.2) is 11.8 Å². The minimum Gasteiger partial charge on any atom is -0.349 e. The van der Waals surface area contributed by atoms with Crippen molar-refractivity contribution in [2.75, 3.05) is 14.1 Å². The molecule has 1 N–H and O–H groups in total. The van der Waals surface area contributed by atoms with Gasteiger partial charge in [-0.1, -0.05) is 35.5 Å². The number of benzene rings is 1. The van der Waals surface area contributed by atoms with E-state index in [4.69, 9.17) is 4.52 Å². The molecule has 0 saturated heterocycles. The van der Waals surface area contributed by atoms with Gasteiger partial charge in [-0.05, 0) is 5.56 Å². The lowest BCUT2D eigenvalue weighted by Crippen LogP contribution is -2.38. The van der Waals surface area contributed by atoms with Crippen LogP contribution in [0.5, 0.6) is 0 Å². The van der Waals surface area contributed by atoms with Crippen LogP contribution >= 0.6 is 0 Å². The molecule has 0 aliphatic rings. The van der Waals surface area contributed by atoms with Crippen LogP contribution in [0, 0.1) is 6.92 Å². The van der Waals surface area contributed by atoms with Gasteiger partial charge >= 0.3 is 0 Å². The molecule has 2 aromatic rings. The Labute approximate surface area is 118 Å². The molecule has 0 bridgehead atoms. The molecule has 0 aliphatic heterocycles. The smallest absolute Gasteiger partial charge is 0.223 e. The van der Waals surface area contributed by atoms with Crippen LogP contribution in [0.3, 0.4) is 0 Å². The Kier molecular flexibility index (Phi) is 4.70. The Morgan fingerprint density at radius 2 is 2.10 bits per heavy atom. The summed E-state index contributed by atoms with van der Waals surface area (Å²) in [4.78, 5) is 10.4. The molecule has 6 heteroatoms. The lowest BCUT2D eigenvalue weighted by molar-refractivity contribution is 0.386. The van der Waals surface area contributed by atoms with Crippen molar-refractivity contribution in [1.82, 2.24) is 20.4 Å². The molecule has 0 aliphatic carbocycles. The summed E-state index contributed by atoms with van der Waals surface area (Å²) in [7, 11) is 3.75. The molecule has 0 amide bonds. The molecule has 106 valence electrons. The van der Waals surface area contributed by atoms with Gasteiger partial charge in [0.25, 0.3) is 0 Å². The van der Waals surface area contributed by atoms with E-state index in [-0.39, 0.29) is 0 Å². The molecule has 1 aromatic heterocycles. The summed E-state index contributed by atoms with van der Waals surface area (Å²) in [6, 6.07) is 10.2. The maximum Gasteiger partial charge on any atom is 0.223 e. The fourth-order valence-electron chi connectivity index (χ4n) is 1.89. The molecular formula is C14H19N5O. The quantitative estimate of drug-likeness (QED) is 0.677. The fraction of sp³-hybridized carbons (Fsp3) is 0.357. The van der Waals surface area contributed by atoms with Crippen LogP contribution in [0.25, 0.3) is 0 Å². The Bertz CT molecular complexity index is 564. The van der Waals surface area contributed by atoms with Gasteiger partial charge in [-0.15, -0.1) is 0 Å². The zero-order chi connectivity index (χ0) is 14.4. The number of rotatable bonds is 4. The largest absolute Gasteiger partial charge is 0.349 e. The molecule has 1 aromatic carbocycles. The maximum atomic E-state index is 4.93. The first-order valence-corrected chi connectivity index (χ1v) is 6.44. The van der Waals surface area contributed by atoms with Crippen LogP contribution in [-0.4, -0.2) is 35.1 Å². The zero-order valence-electron chi connectivity index (χ0n) is 12.0. The number of nitrogens with zero attached hydrogens (tertiary/aromatic N) is 4. The fourth-order valence-corrected chi connectivity index (χ4v) is 1.89. The highest BCUT2D eigenvalue weighted by atomic mass is 16.5. The second kappa shape index (κ2) is 6.70. The Morgan fingerprint density at radius 1 is 1.35 bits per heavy atom. The Morgan fingerprint density at radius 3 is 2.70 bits per heavy atom. The first kappa shape index (κ1) is 14.0. The normalized spacial score (nSPS) is 11.4. The first-order chi connectivity index (χ1) is 9.69. The van der Waals surface area contributed by atoms with Crippen LogP contribution < -0.4 is 5.32 Å². The van der Waals surface area contributed by atoms with Crippen LogP contribution in [0.1, 0.15) is 17.3 Å². The molecule has 0 saturated carbocycles. The van der Waals surface area contributed by atoms with E-state index in [9.17, 15) is 0 Å². The van der Waals surface area contributed by atoms with Crippen molar-refractivity contribution >= 4 is 5.96 Å². The summed E-state index contributed by atoms with van der Waals surface area (Å²) in [6.07, 6.45) is 0. The number of aromatic nitrogens is 2. The standard InChI is InChI=1S/C14H19N5O/c1-11-17-13(18-20-11)9-16-14(15-2)19(3)10-12-7-5-4-6-8-12/h4-8H,9-10H2,1-3H3,(H,15,16). The Hall–Kier alpha value is -2.37. The molecule has 0 atom stereocenters. The molecular weight excluding hydrogens is 254 g/mol. The average Bonchev–Trinajstić information content (AvgIpc) is 2.86. The number of guanidine groups is 1. The molecule has 1 heterocycles. The van der Waals surface area contributed by atoms with Crippen LogP contribution in [-0.2, 0) is 13.1 Å². The molecule has 20 heavy (non-hydrogen) atoms. The van der Waals surface area contributed by atoms with Crippen molar-refractivity contribution in [3.8, 4) is 0 Å². The number of aliphatic imine (C=N–C) groups is 1. The van der Waals surface area contributed by atoms with Gasteiger partial charge in [-0.25, -0.2) is 0 Å². The maximum absolute atomic E-state index is 4.93. The highest BCUT2D eigenvalue weighted by Crippen LogP contribution is 2.03. The van der Waals surface area contributed by atoms with Crippen LogP contribution in [0.4, 0.5) is 0 Å². The van der Waals surface area contributed by atoms with E-state index < -0.39 is 0 Å². The summed E-state index contributed by atoms with van der Waals surface area (Å²) in [5, 5.41) is 7.05. The van der Waals surface area contributed by atoms with Crippen LogP contribution in [0.2, 0.25) is 0 Å². The molecule has 0 radical (unpaired) electrons. The van der Waals surface area contributed by atoms with Crippen molar-refractivity contribution in [3.05, 3.63) is 47.6 Å². The summed E-state index contributed by atoms with van der Waals surface area (Å²) in [6.45, 7) is 3.04. The molecule has 0 spiro atoms. The monoisotopic (exact) mass is 273 g/mol. The molecule has 2 rings (SSSR count). The van der Waals surface area contributed by atoms with Gasteiger partial charge in [0.05, 0.1) is 6.54 Å². The molecule has 6 nitrogen and oxygen atoms in total. The van der Waals surface area contributed by atoms with Crippen molar-refractivity contribution < 1.29 is 4.52 Å². The second-order valence-corrected chi connectivity index (χ2v) is 4.47. The van der Waals surface area contributed by atoms with Gasteiger partial charge in [-0.3, -0.25) is 4.99 Å². The lowest BCUT2D eigenvalue weighted by Gasteiger charge is -2.21. The third-order valence-corrected chi connectivity index (χ3v) is 2.81. The summed E-state index contributed by atoms with van der Waals surface area (Å²) >= 11 is 0.